The van der Waals surface area contributed by atoms with Gasteiger partial charge < -0.3 is 19.6 Å². The lowest BCUT2D eigenvalue weighted by Gasteiger charge is -2.36. The highest BCUT2D eigenvalue weighted by molar-refractivity contribution is 6.31. The maximum atomic E-state index is 2.66. The fourth-order valence-electron chi connectivity index (χ4n) is 24.1. The van der Waals surface area contributed by atoms with Gasteiger partial charge in [0.1, 0.15) is 0 Å². The summed E-state index contributed by atoms with van der Waals surface area (Å²) in [5.41, 5.74) is 41.0. The summed E-state index contributed by atoms with van der Waals surface area (Å²) in [7, 11) is 0. The molecule has 0 atom stereocenters. The first-order chi connectivity index (χ1) is 71.2. The molecule has 4 heteroatoms. The molecule has 22 aromatic rings. The Hall–Kier alpha value is -15.9. The van der Waals surface area contributed by atoms with Crippen LogP contribution in [0.4, 0.5) is 68.2 Å². The van der Waals surface area contributed by atoms with Crippen molar-refractivity contribution in [2.45, 2.75) is 170 Å². The molecule has 0 unspecified atom stereocenters. The molecule has 2 aliphatic rings. The van der Waals surface area contributed by atoms with Crippen molar-refractivity contribution in [1.82, 2.24) is 0 Å². The van der Waals surface area contributed by atoms with Gasteiger partial charge >= 0.3 is 0 Å². The summed E-state index contributed by atoms with van der Waals surface area (Å²) in [5.74, 6) is 1.12. The van der Waals surface area contributed by atoms with Crippen LogP contribution in [0.1, 0.15) is 173 Å². The van der Waals surface area contributed by atoms with E-state index in [1.165, 1.54) is 285 Å². The highest BCUT2D eigenvalue weighted by Gasteiger charge is 2.35. The van der Waals surface area contributed by atoms with Gasteiger partial charge in [0.05, 0.1) is 45.5 Å². The smallest absolute Gasteiger partial charge is 0.0569 e. The fraction of sp³-hybridized carbons (Fsp3) is 0.183. The zero-order valence-corrected chi connectivity index (χ0v) is 86.4. The van der Waals surface area contributed by atoms with Gasteiger partial charge in [0.15, 0.2) is 0 Å². The number of nitrogens with zero attached hydrogens (tertiary/aromatic N) is 4. The Morgan fingerprint density at radius 1 is 0.192 bits per heavy atom. The summed E-state index contributed by atoms with van der Waals surface area (Å²) < 4.78 is 0. The van der Waals surface area contributed by atoms with E-state index in [0.717, 1.165) is 34.1 Å². The predicted molar refractivity (Wildman–Crippen MR) is 629 cm³/mol. The molecule has 0 aliphatic heterocycles. The third kappa shape index (κ3) is 17.7. The van der Waals surface area contributed by atoms with Crippen molar-refractivity contribution >= 4 is 133 Å². The summed E-state index contributed by atoms with van der Waals surface area (Å²) in [6, 6.07) is 160. The lowest BCUT2D eigenvalue weighted by molar-refractivity contribution is 0.443. The first kappa shape index (κ1) is 93.7. The molecule has 2 saturated carbocycles. The maximum Gasteiger partial charge on any atom is 0.0569 e. The molecule has 0 N–H and O–H groups in total. The van der Waals surface area contributed by atoms with E-state index in [4.69, 9.17) is 0 Å². The number of benzene rings is 22. The van der Waals surface area contributed by atoms with Crippen molar-refractivity contribution in [3.63, 3.8) is 0 Å². The Kier molecular flexibility index (Phi) is 25.3. The Bertz CT molecular complexity index is 8100. The van der Waals surface area contributed by atoms with Crippen LogP contribution in [-0.4, -0.2) is 0 Å². The van der Waals surface area contributed by atoms with Crippen molar-refractivity contribution in [3.05, 3.63) is 480 Å². The summed E-state index contributed by atoms with van der Waals surface area (Å²) >= 11 is 0. The van der Waals surface area contributed by atoms with Crippen molar-refractivity contribution in [2.24, 2.45) is 0 Å². The Balaban J connectivity index is 0.000000161. The van der Waals surface area contributed by atoms with Gasteiger partial charge in [-0.15, -0.1) is 0 Å². The van der Waals surface area contributed by atoms with Gasteiger partial charge in [-0.1, -0.05) is 456 Å². The average molecular weight is 1890 g/mol. The number of hydrogen-bond acceptors (Lipinski definition) is 4. The van der Waals surface area contributed by atoms with Gasteiger partial charge in [-0.3, -0.25) is 0 Å². The van der Waals surface area contributed by atoms with Crippen LogP contribution in [0.2, 0.25) is 0 Å². The maximum absolute atomic E-state index is 2.66. The fourth-order valence-corrected chi connectivity index (χ4v) is 24.1. The number of hydrogen-bond donors (Lipinski definition) is 0. The Labute approximate surface area is 863 Å². The normalized spacial score (nSPS) is 13.3. The Morgan fingerprint density at radius 3 is 0.747 bits per heavy atom. The highest BCUT2D eigenvalue weighted by Crippen LogP contribution is 2.59. The van der Waals surface area contributed by atoms with E-state index in [2.05, 4.69) is 527 Å². The number of rotatable bonds is 20. The molecule has 0 saturated heterocycles. The lowest BCUT2D eigenvalue weighted by Crippen LogP contribution is -2.18. The minimum atomic E-state index is -0.0334. The molecule has 0 aromatic heterocycles. The standard InChI is InChI=1S/C72H60N2.C70H68N2/c1-47-34-36-55(51-24-12-8-13-25-51)44-64(47)73(70-49(3)22-20-32-60(70)53-28-16-10-17-29-53)66-46-67(63-41-39-58-43-59(72(5,6)7)42-57-38-40-62(66)69(63)68(57)58)74(65-45-56(37-35-48(65)2)52-26-14-9-15-27-52)71-50(4)23-21-33-61(71)54-30-18-11-19-31-54;1-47-22-18-36-60(51-28-14-8-15-29-51)68(47)71(58-34-20-32-53(44-58)49-24-10-6-11-25-49)64-46-65(63-41-39-56-43-57(70(3,4)5)42-55-38-40-62(64)67(63)66(55)56)72(59-35-21-33-54(45-59)50-26-12-7-13-27-50)69-48(2)23-19-37-61(69)52-30-16-9-17-31-52/h8-46H,1-7H3;8-9,14-23,28-46,49-50H,6-7,10-13,24-27H2,1-5H3. The van der Waals surface area contributed by atoms with E-state index in [1.807, 2.05) is 0 Å². The van der Waals surface area contributed by atoms with Crippen LogP contribution in [0, 0.1) is 41.5 Å². The molecule has 2 fully saturated rings. The minimum absolute atomic E-state index is 0.00157. The van der Waals surface area contributed by atoms with Crippen molar-refractivity contribution < 1.29 is 0 Å². The third-order valence-electron chi connectivity index (χ3n) is 31.7. The van der Waals surface area contributed by atoms with Crippen LogP contribution in [0.3, 0.4) is 0 Å². The molecule has 0 amide bonds. The van der Waals surface area contributed by atoms with Gasteiger partial charge in [-0.25, -0.2) is 0 Å². The van der Waals surface area contributed by atoms with Crippen molar-refractivity contribution in [2.75, 3.05) is 19.6 Å². The van der Waals surface area contributed by atoms with E-state index in [-0.39, 0.29) is 10.8 Å². The van der Waals surface area contributed by atoms with Crippen LogP contribution in [-0.2, 0) is 10.8 Å². The van der Waals surface area contributed by atoms with Crippen molar-refractivity contribution in [3.8, 4) is 66.8 Å². The van der Waals surface area contributed by atoms with E-state index in [0.29, 0.717) is 11.8 Å². The molecule has 2 aliphatic carbocycles. The number of aryl methyl sites for hydroxylation is 6. The van der Waals surface area contributed by atoms with Gasteiger partial charge in [-0.2, -0.15) is 0 Å². The predicted octanol–water partition coefficient (Wildman–Crippen LogP) is 41.6. The first-order valence-electron chi connectivity index (χ1n) is 53.1. The van der Waals surface area contributed by atoms with Gasteiger partial charge in [-0.05, 0) is 271 Å². The highest BCUT2D eigenvalue weighted by atomic mass is 15.2. The zero-order valence-electron chi connectivity index (χ0n) is 86.4. The molecular weight excluding hydrogens is 1760 g/mol. The minimum Gasteiger partial charge on any atom is -0.309 e. The molecule has 716 valence electrons. The molecule has 0 spiro atoms. The van der Waals surface area contributed by atoms with Crippen LogP contribution in [0.5, 0.6) is 0 Å². The summed E-state index contributed by atoms with van der Waals surface area (Å²) in [5, 5.41) is 15.1. The van der Waals surface area contributed by atoms with E-state index in [1.54, 1.807) is 0 Å². The Morgan fingerprint density at radius 2 is 0.459 bits per heavy atom. The molecule has 146 heavy (non-hydrogen) atoms. The van der Waals surface area contributed by atoms with Crippen LogP contribution >= 0.6 is 0 Å². The van der Waals surface area contributed by atoms with E-state index in [9.17, 15) is 0 Å². The molecule has 0 heterocycles. The number of anilines is 12. The lowest BCUT2D eigenvalue weighted by atomic mass is 9.82. The van der Waals surface area contributed by atoms with Gasteiger partial charge in [0, 0.05) is 77.3 Å². The van der Waals surface area contributed by atoms with Crippen LogP contribution in [0.25, 0.3) is 131 Å². The van der Waals surface area contributed by atoms with Crippen molar-refractivity contribution in [1.29, 1.82) is 0 Å². The summed E-state index contributed by atoms with van der Waals surface area (Å²) in [4.78, 5) is 10.5. The topological polar surface area (TPSA) is 13.0 Å². The largest absolute Gasteiger partial charge is 0.309 e. The second-order valence-electron chi connectivity index (χ2n) is 43.4. The summed E-state index contributed by atoms with van der Waals surface area (Å²) in [6.07, 6.45) is 12.8. The van der Waals surface area contributed by atoms with Crippen LogP contribution in [0.15, 0.2) is 425 Å². The molecule has 0 radical (unpaired) electrons. The monoisotopic (exact) mass is 1890 g/mol. The zero-order chi connectivity index (χ0) is 99.6. The average Bonchev–Trinajstić information content (AvgIpc) is 0.710. The van der Waals surface area contributed by atoms with E-state index >= 15 is 0 Å². The van der Waals surface area contributed by atoms with Crippen LogP contribution < -0.4 is 19.6 Å². The van der Waals surface area contributed by atoms with Gasteiger partial charge in [0.25, 0.3) is 0 Å². The SMILES string of the molecule is Cc1ccc(-c2ccccc2)cc1N(c1c(C)cccc1-c1ccccc1)c1cc(N(c2cc(-c3ccccc3)ccc2C)c2c(C)cccc2-c2ccccc2)c2ccc3cc(C(C)(C)C)cc4ccc1c2c43.Cc1cccc(-c2ccccc2)c1N(c1cccc(C2CCCCC2)c1)c1cc(N(c2cccc(C3CCCCC3)c2)c2c(C)cccc2-c2ccccc2)c2ccc3cc(C(C)(C)C)cc4ccc1c2c43. The number of para-hydroxylation sites is 4. The second-order valence-corrected chi connectivity index (χ2v) is 43.4. The molecule has 24 rings (SSSR count). The van der Waals surface area contributed by atoms with Gasteiger partial charge in [0.2, 0.25) is 0 Å². The molecule has 0 bridgehead atoms. The molecule has 4 nitrogen and oxygen atoms in total. The third-order valence-corrected chi connectivity index (χ3v) is 31.7. The quantitative estimate of drug-likeness (QED) is 0.0705. The molecule has 22 aromatic carbocycles. The first-order valence-corrected chi connectivity index (χ1v) is 53.1. The summed E-state index contributed by atoms with van der Waals surface area (Å²) in [6.45, 7) is 27.7. The molecular formula is C142H128N4. The van der Waals surface area contributed by atoms with E-state index < -0.39 is 0 Å². The second kappa shape index (κ2) is 39.3.